The lowest BCUT2D eigenvalue weighted by atomic mass is 9.48. The van der Waals surface area contributed by atoms with Crippen molar-refractivity contribution < 1.29 is 24.3 Å². The van der Waals surface area contributed by atoms with Crippen molar-refractivity contribution in [3.05, 3.63) is 64.7 Å². The van der Waals surface area contributed by atoms with Gasteiger partial charge in [-0.05, 0) is 97.9 Å². The maximum absolute atomic E-state index is 14.8. The van der Waals surface area contributed by atoms with E-state index in [0.717, 1.165) is 29.7 Å². The van der Waals surface area contributed by atoms with Crippen molar-refractivity contribution in [2.24, 2.45) is 23.2 Å². The van der Waals surface area contributed by atoms with Gasteiger partial charge in [-0.2, -0.15) is 0 Å². The molecule has 0 radical (unpaired) electrons. The van der Waals surface area contributed by atoms with Crippen LogP contribution < -0.4 is 10.0 Å². The van der Waals surface area contributed by atoms with Gasteiger partial charge in [-0.15, -0.1) is 0 Å². The zero-order valence-corrected chi connectivity index (χ0v) is 23.4. The molecule has 7 rings (SSSR count). The molecule has 0 N–H and O–H groups in total. The second kappa shape index (κ2) is 10.3. The lowest BCUT2D eigenvalue weighted by Gasteiger charge is -2.58. The van der Waals surface area contributed by atoms with Gasteiger partial charge in [0.1, 0.15) is 6.04 Å². The van der Waals surface area contributed by atoms with E-state index in [0.29, 0.717) is 34.9 Å². The van der Waals surface area contributed by atoms with Crippen LogP contribution in [0.1, 0.15) is 74.2 Å². The van der Waals surface area contributed by atoms with Crippen molar-refractivity contribution >= 4 is 40.9 Å². The van der Waals surface area contributed by atoms with E-state index in [9.17, 15) is 24.3 Å². The number of amides is 2. The van der Waals surface area contributed by atoms with Crippen LogP contribution in [0.3, 0.4) is 0 Å². The number of aliphatic carboxylic acids is 1. The predicted molar refractivity (Wildman–Crippen MR) is 148 cm³/mol. The fraction of sp³-hybridized carbons (Fsp3) is 0.500. The summed E-state index contributed by atoms with van der Waals surface area (Å²) in [5.74, 6) is -1.04. The molecule has 4 fully saturated rings. The van der Waals surface area contributed by atoms with Gasteiger partial charge in [0, 0.05) is 23.9 Å². The Morgan fingerprint density at radius 1 is 0.975 bits per heavy atom. The number of carboxylic acids is 1. The Hall–Kier alpha value is -3.19. The number of carboxylic acid groups (broad SMARTS) is 1. The molecule has 4 saturated carbocycles. The minimum Gasteiger partial charge on any atom is -0.548 e. The average molecular weight is 562 g/mol. The molecule has 2 atom stereocenters. The first-order chi connectivity index (χ1) is 19.1. The zero-order chi connectivity index (χ0) is 28.2. The van der Waals surface area contributed by atoms with Gasteiger partial charge < -0.3 is 19.7 Å². The molecule has 5 aliphatic rings. The van der Waals surface area contributed by atoms with E-state index in [1.165, 1.54) is 26.2 Å². The van der Waals surface area contributed by atoms with Gasteiger partial charge in [-0.25, -0.2) is 0 Å². The molecule has 0 saturated heterocycles. The number of fused-ring (bicyclic) bond motifs is 1. The van der Waals surface area contributed by atoms with E-state index < -0.39 is 36.2 Å². The number of ketones is 1. The first-order valence-corrected chi connectivity index (χ1v) is 14.7. The summed E-state index contributed by atoms with van der Waals surface area (Å²) in [6.45, 7) is 1.41. The number of rotatable bonds is 5. The van der Waals surface area contributed by atoms with Crippen molar-refractivity contribution in [1.29, 1.82) is 0 Å². The Morgan fingerprint density at radius 3 is 2.23 bits per heavy atom. The Morgan fingerprint density at radius 2 is 1.62 bits per heavy atom. The number of hydrogen-bond acceptors (Lipinski definition) is 5. The number of Topliss-reactive ketones (excluding diaryl/α,β-unsaturated/α-hetero) is 1. The summed E-state index contributed by atoms with van der Waals surface area (Å²) in [6.07, 6.45) is 6.59. The zero-order valence-electron chi connectivity index (χ0n) is 22.7. The predicted octanol–water partition coefficient (Wildman–Crippen LogP) is 4.40. The number of para-hydroxylation sites is 1. The largest absolute Gasteiger partial charge is 0.548 e. The summed E-state index contributed by atoms with van der Waals surface area (Å²) < 4.78 is 0. The number of nitrogens with zero attached hydrogens (tertiary/aromatic N) is 2. The Balaban J connectivity index is 1.48. The minimum atomic E-state index is -1.54. The molecule has 4 bridgehead atoms. The van der Waals surface area contributed by atoms with E-state index in [1.54, 1.807) is 47.4 Å². The van der Waals surface area contributed by atoms with Crippen LogP contribution in [-0.4, -0.2) is 40.6 Å². The third-order valence-corrected chi connectivity index (χ3v) is 9.99. The fourth-order valence-electron chi connectivity index (χ4n) is 8.72. The number of hydrogen-bond donors (Lipinski definition) is 0. The molecule has 4 aliphatic carbocycles. The number of carbonyl (C=O) groups excluding carboxylic acids is 4. The second-order valence-corrected chi connectivity index (χ2v) is 13.0. The van der Waals surface area contributed by atoms with Crippen LogP contribution in [0.5, 0.6) is 0 Å². The third-order valence-electron chi connectivity index (χ3n) is 9.75. The van der Waals surface area contributed by atoms with Crippen LogP contribution in [0.15, 0.2) is 48.5 Å². The summed E-state index contributed by atoms with van der Waals surface area (Å²) in [4.78, 5) is 56.9. The molecule has 0 aromatic heterocycles. The summed E-state index contributed by atoms with van der Waals surface area (Å²) in [6, 6.07) is 11.4. The van der Waals surface area contributed by atoms with Gasteiger partial charge in [-0.3, -0.25) is 14.4 Å². The first-order valence-electron chi connectivity index (χ1n) is 14.3. The number of benzene rings is 2. The third kappa shape index (κ3) is 4.93. The molecule has 1 aliphatic heterocycles. The van der Waals surface area contributed by atoms with Crippen LogP contribution in [0.4, 0.5) is 5.69 Å². The smallest absolute Gasteiger partial charge is 0.250 e. The number of anilines is 1. The van der Waals surface area contributed by atoms with E-state index in [4.69, 9.17) is 11.6 Å². The number of carbonyl (C=O) groups is 4. The van der Waals surface area contributed by atoms with E-state index in [2.05, 4.69) is 0 Å². The van der Waals surface area contributed by atoms with E-state index >= 15 is 0 Å². The van der Waals surface area contributed by atoms with E-state index in [-0.39, 0.29) is 23.4 Å². The molecule has 0 unspecified atom stereocenters. The maximum atomic E-state index is 14.8. The van der Waals surface area contributed by atoms with Gasteiger partial charge in [0.05, 0.1) is 24.2 Å². The summed E-state index contributed by atoms with van der Waals surface area (Å²) in [7, 11) is 0. The molecule has 2 amide bonds. The van der Waals surface area contributed by atoms with E-state index in [1.807, 2.05) is 6.07 Å². The topological polar surface area (TPSA) is 97.8 Å². The van der Waals surface area contributed by atoms with Gasteiger partial charge >= 0.3 is 0 Å². The number of halogens is 1. The van der Waals surface area contributed by atoms with Crippen molar-refractivity contribution in [3.63, 3.8) is 0 Å². The van der Waals surface area contributed by atoms with Crippen LogP contribution in [0.25, 0.3) is 0 Å². The van der Waals surface area contributed by atoms with Gasteiger partial charge in [0.2, 0.25) is 11.8 Å². The fourth-order valence-corrected chi connectivity index (χ4v) is 8.93. The molecule has 8 heteroatoms. The van der Waals surface area contributed by atoms with Crippen LogP contribution in [-0.2, 0) is 20.9 Å². The highest BCUT2D eigenvalue weighted by Crippen LogP contribution is 2.62. The molecule has 0 spiro atoms. The highest BCUT2D eigenvalue weighted by Gasteiger charge is 2.54. The Labute approximate surface area is 239 Å². The lowest BCUT2D eigenvalue weighted by molar-refractivity contribution is -0.311. The summed E-state index contributed by atoms with van der Waals surface area (Å²) in [5.41, 5.74) is 1.30. The monoisotopic (exact) mass is 561 g/mol. The summed E-state index contributed by atoms with van der Waals surface area (Å²) >= 11 is 6.28. The van der Waals surface area contributed by atoms with Crippen molar-refractivity contribution in [2.45, 2.75) is 76.9 Å². The van der Waals surface area contributed by atoms with Crippen LogP contribution >= 0.6 is 11.6 Å². The molecule has 1 heterocycles. The molecule has 2 aromatic rings. The standard InChI is InChI=1S/C32H35ClN2O5/c1-19(36)35-27(31(39)40)13-29(37)25-7-2-3-8-26(25)34(18-20-5-4-6-24(33)12-20)30(38)28(35)17-32-14-21-9-22(15-32)11-23(10-21)16-32/h2-8,12,21-23,27-28H,9-11,13-18H2,1H3,(H,39,40)/p-1/t21?,22?,23?,27-,28+,32?/m0/s1. The van der Waals surface area contributed by atoms with Crippen molar-refractivity contribution in [1.82, 2.24) is 4.90 Å². The molecule has 7 nitrogen and oxygen atoms in total. The lowest BCUT2D eigenvalue weighted by Crippen LogP contribution is -2.61. The molecule has 2 aromatic carbocycles. The summed E-state index contributed by atoms with van der Waals surface area (Å²) in [5, 5.41) is 13.1. The Kier molecular flexibility index (Phi) is 6.97. The second-order valence-electron chi connectivity index (χ2n) is 12.6. The van der Waals surface area contributed by atoms with Gasteiger partial charge in [-0.1, -0.05) is 35.9 Å². The van der Waals surface area contributed by atoms with Crippen LogP contribution in [0, 0.1) is 23.2 Å². The SMILES string of the molecule is CC(=O)N1[C@H](CC23CC4CC(CC(C4)C2)C3)C(=O)N(Cc2cccc(Cl)c2)c2ccccc2C(=O)C[C@H]1C(=O)[O-]. The molecule has 210 valence electrons. The van der Waals surface area contributed by atoms with Crippen LogP contribution in [0.2, 0.25) is 5.02 Å². The maximum Gasteiger partial charge on any atom is 0.250 e. The first kappa shape index (κ1) is 27.0. The van der Waals surface area contributed by atoms with Crippen molar-refractivity contribution in [2.75, 3.05) is 4.90 Å². The molecular formula is C32H34ClN2O5-. The Bertz CT molecular complexity index is 1340. The molecule has 40 heavy (non-hydrogen) atoms. The van der Waals surface area contributed by atoms with Gasteiger partial charge in [0.25, 0.3) is 0 Å². The highest BCUT2D eigenvalue weighted by atomic mass is 35.5. The molecular weight excluding hydrogens is 528 g/mol. The van der Waals surface area contributed by atoms with Gasteiger partial charge in [0.15, 0.2) is 5.78 Å². The normalized spacial score (nSPS) is 31.4. The minimum absolute atomic E-state index is 0.126. The van der Waals surface area contributed by atoms with Crippen molar-refractivity contribution in [3.8, 4) is 0 Å². The average Bonchev–Trinajstić information content (AvgIpc) is 2.92. The quantitative estimate of drug-likeness (QED) is 0.539. The highest BCUT2D eigenvalue weighted by molar-refractivity contribution is 6.30.